The van der Waals surface area contributed by atoms with Crippen molar-refractivity contribution >= 4 is 21.5 Å². The number of aryl methyl sites for hydroxylation is 1. The van der Waals surface area contributed by atoms with Gasteiger partial charge in [0, 0.05) is 40.2 Å². The number of carbonyl (C=O) groups excluding carboxylic acids is 1. The van der Waals surface area contributed by atoms with Gasteiger partial charge in [0.25, 0.3) is 0 Å². The Morgan fingerprint density at radius 3 is 2.55 bits per heavy atom. The molecule has 2 aliphatic heterocycles. The molecule has 4 rings (SSSR count). The Morgan fingerprint density at radius 2 is 1.77 bits per heavy atom. The van der Waals surface area contributed by atoms with E-state index in [4.69, 9.17) is 0 Å². The highest BCUT2D eigenvalue weighted by Gasteiger charge is 2.35. The lowest BCUT2D eigenvalue weighted by Crippen LogP contribution is -2.19. The Balaban J connectivity index is 2.02. The summed E-state index contributed by atoms with van der Waals surface area (Å²) in [6, 6.07) is 10.7. The summed E-state index contributed by atoms with van der Waals surface area (Å²) in [5, 5.41) is 0. The van der Waals surface area contributed by atoms with Crippen LogP contribution in [0.1, 0.15) is 27.0 Å². The molecule has 2 aromatic rings. The van der Waals surface area contributed by atoms with Crippen LogP contribution in [0.3, 0.4) is 0 Å². The van der Waals surface area contributed by atoms with Crippen LogP contribution in [-0.4, -0.2) is 31.9 Å². The predicted octanol–water partition coefficient (Wildman–Crippen LogP) is 4.01. The van der Waals surface area contributed by atoms with Crippen molar-refractivity contribution in [1.29, 1.82) is 0 Å². The smallest absolute Gasteiger partial charge is 0.195 e. The molecule has 0 atom stereocenters. The first-order valence-electron chi connectivity index (χ1n) is 7.66. The van der Waals surface area contributed by atoms with E-state index in [-0.39, 0.29) is 5.78 Å². The lowest BCUT2D eigenvalue weighted by molar-refractivity contribution is 0.103. The molecule has 0 aromatic heterocycles. The third-order valence-electron chi connectivity index (χ3n) is 5.03. The molecule has 0 amide bonds. The molecule has 0 saturated heterocycles. The van der Waals surface area contributed by atoms with Crippen molar-refractivity contribution in [2.45, 2.75) is 23.1 Å². The number of likely N-dealkylation sites (N-methyl/N-ethyl adjacent to an activating group) is 1. The molecule has 0 fully saturated rings. The van der Waals surface area contributed by atoms with Crippen LogP contribution in [0.25, 0.3) is 0 Å². The summed E-state index contributed by atoms with van der Waals surface area (Å²) >= 11 is 0. The average Bonchev–Trinajstić information content (AvgIpc) is 2.85. The van der Waals surface area contributed by atoms with Gasteiger partial charge in [-0.3, -0.25) is 4.79 Å². The van der Waals surface area contributed by atoms with Gasteiger partial charge in [0.1, 0.15) is 0 Å². The van der Waals surface area contributed by atoms with E-state index in [1.165, 1.54) is 26.6 Å². The van der Waals surface area contributed by atoms with E-state index in [0.717, 1.165) is 24.1 Å². The molecular weight excluding hydrogens is 290 g/mol. The summed E-state index contributed by atoms with van der Waals surface area (Å²) in [5.41, 5.74) is 5.70. The van der Waals surface area contributed by atoms with E-state index in [0.29, 0.717) is 0 Å². The van der Waals surface area contributed by atoms with Crippen molar-refractivity contribution in [2.24, 2.45) is 0 Å². The first-order chi connectivity index (χ1) is 10.4. The van der Waals surface area contributed by atoms with Gasteiger partial charge in [-0.05, 0) is 55.7 Å². The average molecular weight is 311 g/mol. The minimum Gasteiger partial charge on any atom is -0.374 e. The van der Waals surface area contributed by atoms with Crippen LogP contribution in [-0.2, 0) is 6.42 Å². The molecule has 0 unspecified atom stereocenters. The number of rotatable bonds is 0. The number of anilines is 1. The Kier molecular flexibility index (Phi) is 2.77. The number of hydrogen-bond acceptors (Lipinski definition) is 2. The fourth-order valence-electron chi connectivity index (χ4n) is 3.68. The maximum atomic E-state index is 13.0. The first kappa shape index (κ1) is 13.9. The lowest BCUT2D eigenvalue weighted by Gasteiger charge is -2.39. The van der Waals surface area contributed by atoms with Gasteiger partial charge < -0.3 is 4.90 Å². The second kappa shape index (κ2) is 4.39. The monoisotopic (exact) mass is 311 g/mol. The molecule has 114 valence electrons. The summed E-state index contributed by atoms with van der Waals surface area (Å²) < 4.78 is 0. The molecule has 0 spiro atoms. The topological polar surface area (TPSA) is 20.3 Å². The molecule has 0 saturated carbocycles. The quantitative estimate of drug-likeness (QED) is 0.732. The van der Waals surface area contributed by atoms with Gasteiger partial charge in [-0.25, -0.2) is 0 Å². The Labute approximate surface area is 133 Å². The third kappa shape index (κ3) is 1.72. The summed E-state index contributed by atoms with van der Waals surface area (Å²) in [5.74, 6) is 0.203. The molecule has 0 aliphatic carbocycles. The highest BCUT2D eigenvalue weighted by molar-refractivity contribution is 8.32. The number of nitrogens with zero attached hydrogens (tertiary/aromatic N) is 1. The second-order valence-electron chi connectivity index (χ2n) is 6.80. The minimum atomic E-state index is -1.15. The molecule has 0 radical (unpaired) electrons. The van der Waals surface area contributed by atoms with Gasteiger partial charge >= 0.3 is 0 Å². The molecule has 0 bridgehead atoms. The van der Waals surface area contributed by atoms with Crippen LogP contribution in [0, 0.1) is 6.92 Å². The number of ketones is 1. The number of benzene rings is 2. The van der Waals surface area contributed by atoms with Crippen molar-refractivity contribution in [1.82, 2.24) is 0 Å². The normalized spacial score (nSPS) is 19.5. The van der Waals surface area contributed by atoms with Gasteiger partial charge in [-0.1, -0.05) is 11.6 Å². The Hall–Kier alpha value is -1.74. The molecule has 2 heterocycles. The molecule has 2 aromatic carbocycles. The zero-order valence-corrected chi connectivity index (χ0v) is 14.4. The molecule has 2 nitrogen and oxygen atoms in total. The van der Waals surface area contributed by atoms with Crippen LogP contribution in [0.2, 0.25) is 0 Å². The predicted molar refractivity (Wildman–Crippen MR) is 94.0 cm³/mol. The van der Waals surface area contributed by atoms with E-state index >= 15 is 0 Å². The van der Waals surface area contributed by atoms with Gasteiger partial charge in [0.2, 0.25) is 0 Å². The maximum absolute atomic E-state index is 13.0. The third-order valence-corrected chi connectivity index (χ3v) is 7.91. The molecule has 3 heteroatoms. The highest BCUT2D eigenvalue weighted by atomic mass is 32.3. The largest absolute Gasteiger partial charge is 0.374 e. The van der Waals surface area contributed by atoms with E-state index in [2.05, 4.69) is 55.6 Å². The van der Waals surface area contributed by atoms with Crippen molar-refractivity contribution in [3.8, 4) is 0 Å². The molecule has 2 aliphatic rings. The van der Waals surface area contributed by atoms with Crippen LogP contribution < -0.4 is 4.90 Å². The summed E-state index contributed by atoms with van der Waals surface area (Å²) in [6.07, 6.45) is 5.68. The lowest BCUT2D eigenvalue weighted by atomic mass is 9.98. The van der Waals surface area contributed by atoms with Crippen molar-refractivity contribution in [3.05, 3.63) is 52.6 Å². The number of carbonyl (C=O) groups is 1. The van der Waals surface area contributed by atoms with E-state index in [1.807, 2.05) is 6.07 Å². The maximum Gasteiger partial charge on any atom is 0.195 e. The highest BCUT2D eigenvalue weighted by Crippen LogP contribution is 2.62. The fourth-order valence-corrected chi connectivity index (χ4v) is 6.22. The summed E-state index contributed by atoms with van der Waals surface area (Å²) in [7, 11) is 0.993. The van der Waals surface area contributed by atoms with Gasteiger partial charge in [-0.2, -0.15) is 10.0 Å². The Bertz CT molecular complexity index is 822. The van der Waals surface area contributed by atoms with Crippen LogP contribution in [0.5, 0.6) is 0 Å². The summed E-state index contributed by atoms with van der Waals surface area (Å²) in [4.78, 5) is 17.8. The van der Waals surface area contributed by atoms with Crippen LogP contribution in [0.15, 0.2) is 40.1 Å². The minimum absolute atomic E-state index is 0.203. The molecule has 22 heavy (non-hydrogen) atoms. The van der Waals surface area contributed by atoms with Crippen molar-refractivity contribution in [2.75, 3.05) is 31.0 Å². The fraction of sp³-hybridized carbons (Fsp3) is 0.316. The van der Waals surface area contributed by atoms with Gasteiger partial charge in [0.05, 0.1) is 0 Å². The zero-order chi connectivity index (χ0) is 15.6. The Morgan fingerprint density at radius 1 is 1.05 bits per heavy atom. The number of fused-ring (bicyclic) bond motifs is 3. The van der Waals surface area contributed by atoms with Crippen molar-refractivity contribution in [3.63, 3.8) is 0 Å². The standard InChI is InChI=1S/C19H21NOS/c1-12-5-6-14-17(9-12)22(3,4)18-11-16-13(7-8-20(16)2)10-15(18)19(14)21/h5-6,9-11H,7-8H2,1-4H3. The second-order valence-corrected chi connectivity index (χ2v) is 10.3. The zero-order valence-electron chi connectivity index (χ0n) is 13.6. The summed E-state index contributed by atoms with van der Waals surface area (Å²) in [6.45, 7) is 3.15. The first-order valence-corrected chi connectivity index (χ1v) is 10.1. The SMILES string of the molecule is Cc1ccc2c(c1)S(C)(C)c1cc3c(cc1C2=O)CCN3C. The van der Waals surface area contributed by atoms with E-state index in [9.17, 15) is 4.79 Å². The molecule has 0 N–H and O–H groups in total. The van der Waals surface area contributed by atoms with Crippen LogP contribution >= 0.6 is 10.0 Å². The van der Waals surface area contributed by atoms with Crippen molar-refractivity contribution < 1.29 is 4.79 Å². The van der Waals surface area contributed by atoms with E-state index < -0.39 is 10.0 Å². The van der Waals surface area contributed by atoms with Crippen LogP contribution in [0.4, 0.5) is 5.69 Å². The molecular formula is C19H21NOS. The van der Waals surface area contributed by atoms with E-state index in [1.54, 1.807) is 0 Å². The van der Waals surface area contributed by atoms with Gasteiger partial charge in [0.15, 0.2) is 5.78 Å². The number of hydrogen-bond donors (Lipinski definition) is 0. The van der Waals surface area contributed by atoms with Gasteiger partial charge in [-0.15, -0.1) is 0 Å².